The number of hydrogen-bond acceptors (Lipinski definition) is 3. The first kappa shape index (κ1) is 13.9. The number of anilines is 1. The lowest BCUT2D eigenvalue weighted by Crippen LogP contribution is -2.29. The summed E-state index contributed by atoms with van der Waals surface area (Å²) in [5.41, 5.74) is 7.78. The maximum absolute atomic E-state index is 7.78. The molecule has 106 valence electrons. The second kappa shape index (κ2) is 4.87. The van der Waals surface area contributed by atoms with Gasteiger partial charge in [-0.2, -0.15) is 5.10 Å². The van der Waals surface area contributed by atoms with Crippen LogP contribution in [-0.4, -0.2) is 28.7 Å². The summed E-state index contributed by atoms with van der Waals surface area (Å²) in [6.07, 6.45) is 3.61. The van der Waals surface area contributed by atoms with Crippen LogP contribution in [0.5, 0.6) is 0 Å². The van der Waals surface area contributed by atoms with Crippen molar-refractivity contribution in [3.05, 3.63) is 11.3 Å². The second-order valence-corrected chi connectivity index (χ2v) is 5.70. The van der Waals surface area contributed by atoms with Crippen LogP contribution in [0, 0.1) is 17.7 Å². The molecule has 0 aromatic carbocycles. The average Bonchev–Trinajstić information content (AvgIpc) is 2.90. The van der Waals surface area contributed by atoms with Crippen LogP contribution in [0.4, 0.5) is 5.82 Å². The Balaban J connectivity index is 2.37. The molecule has 0 atom stereocenters. The average molecular weight is 263 g/mol. The van der Waals surface area contributed by atoms with E-state index in [1.165, 1.54) is 19.3 Å². The minimum atomic E-state index is 0.117. The SMILES string of the molecule is CCC1(CC)CCN(c2c(C(=N)N)c(C)nn2C)C1. The van der Waals surface area contributed by atoms with Crippen LogP contribution in [0.2, 0.25) is 0 Å². The molecule has 1 aliphatic rings. The zero-order valence-electron chi connectivity index (χ0n) is 12.5. The first-order chi connectivity index (χ1) is 8.94. The smallest absolute Gasteiger partial charge is 0.137 e. The van der Waals surface area contributed by atoms with Gasteiger partial charge in [0.25, 0.3) is 0 Å². The molecule has 5 heteroatoms. The van der Waals surface area contributed by atoms with Gasteiger partial charge in [0.05, 0.1) is 11.3 Å². The van der Waals surface area contributed by atoms with Gasteiger partial charge in [0, 0.05) is 20.1 Å². The van der Waals surface area contributed by atoms with Gasteiger partial charge in [0.15, 0.2) is 0 Å². The molecule has 1 aliphatic heterocycles. The fraction of sp³-hybridized carbons (Fsp3) is 0.714. The molecule has 0 saturated carbocycles. The van der Waals surface area contributed by atoms with E-state index in [-0.39, 0.29) is 5.84 Å². The van der Waals surface area contributed by atoms with E-state index >= 15 is 0 Å². The van der Waals surface area contributed by atoms with Crippen molar-refractivity contribution in [2.24, 2.45) is 18.2 Å². The van der Waals surface area contributed by atoms with E-state index in [1.54, 1.807) is 0 Å². The molecule has 3 N–H and O–H groups in total. The van der Waals surface area contributed by atoms with Gasteiger partial charge in [-0.25, -0.2) is 0 Å². The highest BCUT2D eigenvalue weighted by atomic mass is 15.4. The molecule has 2 heterocycles. The molecule has 0 bridgehead atoms. The number of nitrogens with zero attached hydrogens (tertiary/aromatic N) is 3. The quantitative estimate of drug-likeness (QED) is 0.645. The molecule has 2 rings (SSSR count). The highest BCUT2D eigenvalue weighted by molar-refractivity contribution is 6.01. The summed E-state index contributed by atoms with van der Waals surface area (Å²) >= 11 is 0. The third-order valence-corrected chi connectivity index (χ3v) is 4.70. The highest BCUT2D eigenvalue weighted by Gasteiger charge is 2.37. The van der Waals surface area contributed by atoms with E-state index < -0.39 is 0 Å². The molecule has 0 amide bonds. The van der Waals surface area contributed by atoms with Gasteiger partial charge in [-0.1, -0.05) is 13.8 Å². The summed E-state index contributed by atoms with van der Waals surface area (Å²) in [5.74, 6) is 1.12. The Hall–Kier alpha value is -1.52. The number of hydrogen-bond donors (Lipinski definition) is 2. The Labute approximate surface area is 115 Å². The minimum Gasteiger partial charge on any atom is -0.384 e. The molecule has 0 aliphatic carbocycles. The van der Waals surface area contributed by atoms with Gasteiger partial charge < -0.3 is 10.6 Å². The molecule has 0 unspecified atom stereocenters. The Bertz CT molecular complexity index is 484. The van der Waals surface area contributed by atoms with Gasteiger partial charge in [0.1, 0.15) is 11.7 Å². The van der Waals surface area contributed by atoms with Gasteiger partial charge in [0.2, 0.25) is 0 Å². The predicted molar refractivity (Wildman–Crippen MR) is 78.8 cm³/mol. The molecule has 1 saturated heterocycles. The second-order valence-electron chi connectivity index (χ2n) is 5.70. The summed E-state index contributed by atoms with van der Waals surface area (Å²) in [6.45, 7) is 8.53. The van der Waals surface area contributed by atoms with Crippen LogP contribution in [0.1, 0.15) is 44.4 Å². The first-order valence-electron chi connectivity index (χ1n) is 7.07. The molecule has 1 aromatic rings. The number of nitrogen functional groups attached to an aromatic ring is 1. The Morgan fingerprint density at radius 1 is 1.42 bits per heavy atom. The van der Waals surface area contributed by atoms with E-state index in [9.17, 15) is 0 Å². The highest BCUT2D eigenvalue weighted by Crippen LogP contribution is 2.40. The van der Waals surface area contributed by atoms with Crippen LogP contribution in [-0.2, 0) is 7.05 Å². The molecule has 19 heavy (non-hydrogen) atoms. The third-order valence-electron chi connectivity index (χ3n) is 4.70. The molecule has 1 fully saturated rings. The number of nitrogens with two attached hydrogens (primary N) is 1. The van der Waals surface area contributed by atoms with Crippen molar-refractivity contribution < 1.29 is 0 Å². The number of aromatic nitrogens is 2. The van der Waals surface area contributed by atoms with Crippen LogP contribution in [0.25, 0.3) is 0 Å². The first-order valence-corrected chi connectivity index (χ1v) is 7.07. The Kier molecular flexibility index (Phi) is 3.56. The Morgan fingerprint density at radius 3 is 2.53 bits per heavy atom. The van der Waals surface area contributed by atoms with Crippen molar-refractivity contribution in [2.75, 3.05) is 18.0 Å². The maximum atomic E-state index is 7.78. The summed E-state index contributed by atoms with van der Waals surface area (Å²) in [6, 6.07) is 0. The fourth-order valence-electron chi connectivity index (χ4n) is 3.27. The summed E-state index contributed by atoms with van der Waals surface area (Å²) in [7, 11) is 1.94. The standard InChI is InChI=1S/C14H25N5/c1-5-14(6-2)7-8-19(9-14)13-11(12(15)16)10(3)17-18(13)4/h5-9H2,1-4H3,(H3,15,16). The lowest BCUT2D eigenvalue weighted by molar-refractivity contribution is 0.301. The predicted octanol–water partition coefficient (Wildman–Crippen LogP) is 2.03. The molecule has 0 spiro atoms. The summed E-state index contributed by atoms with van der Waals surface area (Å²) < 4.78 is 1.87. The number of amidine groups is 1. The van der Waals surface area contributed by atoms with Gasteiger partial charge in [-0.3, -0.25) is 10.1 Å². The summed E-state index contributed by atoms with van der Waals surface area (Å²) in [5, 5.41) is 12.2. The monoisotopic (exact) mass is 263 g/mol. The lowest BCUT2D eigenvalue weighted by atomic mass is 9.82. The molecular formula is C14H25N5. The van der Waals surface area contributed by atoms with E-state index in [0.717, 1.165) is 30.2 Å². The van der Waals surface area contributed by atoms with Crippen LogP contribution < -0.4 is 10.6 Å². The van der Waals surface area contributed by atoms with Gasteiger partial charge in [-0.05, 0) is 31.6 Å². The van der Waals surface area contributed by atoms with Crippen LogP contribution in [0.15, 0.2) is 0 Å². The minimum absolute atomic E-state index is 0.117. The molecule has 5 nitrogen and oxygen atoms in total. The number of nitrogens with one attached hydrogen (secondary N) is 1. The van der Waals surface area contributed by atoms with Gasteiger partial charge >= 0.3 is 0 Å². The van der Waals surface area contributed by atoms with Crippen molar-refractivity contribution in [3.8, 4) is 0 Å². The van der Waals surface area contributed by atoms with E-state index in [0.29, 0.717) is 5.41 Å². The van der Waals surface area contributed by atoms with E-state index in [2.05, 4.69) is 23.8 Å². The van der Waals surface area contributed by atoms with Crippen molar-refractivity contribution in [1.29, 1.82) is 5.41 Å². The maximum Gasteiger partial charge on any atom is 0.137 e. The molecule has 1 aromatic heterocycles. The van der Waals surface area contributed by atoms with Crippen molar-refractivity contribution >= 4 is 11.7 Å². The van der Waals surface area contributed by atoms with Gasteiger partial charge in [-0.15, -0.1) is 0 Å². The van der Waals surface area contributed by atoms with Crippen molar-refractivity contribution in [3.63, 3.8) is 0 Å². The van der Waals surface area contributed by atoms with Crippen LogP contribution >= 0.6 is 0 Å². The topological polar surface area (TPSA) is 70.9 Å². The molecular weight excluding hydrogens is 238 g/mol. The zero-order chi connectivity index (χ0) is 14.2. The largest absolute Gasteiger partial charge is 0.384 e. The number of aryl methyl sites for hydroxylation is 2. The summed E-state index contributed by atoms with van der Waals surface area (Å²) in [4.78, 5) is 2.35. The molecule has 0 radical (unpaired) electrons. The van der Waals surface area contributed by atoms with Crippen LogP contribution in [0.3, 0.4) is 0 Å². The van der Waals surface area contributed by atoms with E-state index in [1.807, 2.05) is 18.7 Å². The van der Waals surface area contributed by atoms with Crippen molar-refractivity contribution in [1.82, 2.24) is 9.78 Å². The van der Waals surface area contributed by atoms with Crippen molar-refractivity contribution in [2.45, 2.75) is 40.0 Å². The fourth-order valence-corrected chi connectivity index (χ4v) is 3.27. The Morgan fingerprint density at radius 2 is 2.05 bits per heavy atom. The number of rotatable bonds is 4. The lowest BCUT2D eigenvalue weighted by Gasteiger charge is -2.27. The van der Waals surface area contributed by atoms with E-state index in [4.69, 9.17) is 11.1 Å². The third kappa shape index (κ3) is 2.22. The zero-order valence-corrected chi connectivity index (χ0v) is 12.5. The normalized spacial score (nSPS) is 18.0.